The lowest BCUT2D eigenvalue weighted by Gasteiger charge is -2.10. The van der Waals surface area contributed by atoms with E-state index in [-0.39, 0.29) is 6.42 Å². The highest BCUT2D eigenvalue weighted by molar-refractivity contribution is 9.10. The fourth-order valence-electron chi connectivity index (χ4n) is 1.78. The van der Waals surface area contributed by atoms with Gasteiger partial charge in [0.15, 0.2) is 0 Å². The Kier molecular flexibility index (Phi) is 3.59. The molecule has 2 aromatic carbocycles. The first-order chi connectivity index (χ1) is 8.18. The molecule has 0 atom stereocenters. The highest BCUT2D eigenvalue weighted by atomic mass is 79.9. The third-order valence-electron chi connectivity index (χ3n) is 2.53. The molecular formula is C14H11BrO2. The van der Waals surface area contributed by atoms with Crippen LogP contribution in [0.15, 0.2) is 53.0 Å². The van der Waals surface area contributed by atoms with Crippen molar-refractivity contribution in [1.29, 1.82) is 0 Å². The maximum absolute atomic E-state index is 10.9. The summed E-state index contributed by atoms with van der Waals surface area (Å²) in [5.41, 5.74) is 2.80. The fourth-order valence-corrected chi connectivity index (χ4v) is 2.28. The predicted octanol–water partition coefficient (Wildman–Crippen LogP) is 3.74. The molecule has 0 aliphatic carbocycles. The van der Waals surface area contributed by atoms with Gasteiger partial charge in [-0.2, -0.15) is 0 Å². The van der Waals surface area contributed by atoms with E-state index >= 15 is 0 Å². The van der Waals surface area contributed by atoms with Crippen molar-refractivity contribution >= 4 is 21.9 Å². The lowest BCUT2D eigenvalue weighted by molar-refractivity contribution is -0.136. The average molecular weight is 291 g/mol. The lowest BCUT2D eigenvalue weighted by atomic mass is 9.98. The molecule has 2 rings (SSSR count). The van der Waals surface area contributed by atoms with Gasteiger partial charge in [-0.25, -0.2) is 0 Å². The Labute approximate surface area is 108 Å². The Balaban J connectivity index is 2.54. The van der Waals surface area contributed by atoms with Gasteiger partial charge in [0, 0.05) is 4.47 Å². The maximum Gasteiger partial charge on any atom is 0.307 e. The van der Waals surface area contributed by atoms with Crippen molar-refractivity contribution < 1.29 is 9.90 Å². The Hall–Kier alpha value is -1.61. The summed E-state index contributed by atoms with van der Waals surface area (Å²) in [6.45, 7) is 0. The first-order valence-corrected chi connectivity index (χ1v) is 6.02. The zero-order valence-electron chi connectivity index (χ0n) is 9.06. The van der Waals surface area contributed by atoms with E-state index in [1.807, 2.05) is 48.5 Å². The minimum Gasteiger partial charge on any atom is -0.481 e. The molecule has 3 heteroatoms. The van der Waals surface area contributed by atoms with Gasteiger partial charge in [0.2, 0.25) is 0 Å². The number of rotatable bonds is 3. The molecule has 17 heavy (non-hydrogen) atoms. The van der Waals surface area contributed by atoms with Gasteiger partial charge in [0.25, 0.3) is 0 Å². The van der Waals surface area contributed by atoms with E-state index in [9.17, 15) is 4.79 Å². The normalized spacial score (nSPS) is 10.2. The van der Waals surface area contributed by atoms with Crippen LogP contribution in [0.2, 0.25) is 0 Å². The number of aliphatic carboxylic acids is 1. The number of hydrogen-bond acceptors (Lipinski definition) is 1. The summed E-state index contributed by atoms with van der Waals surface area (Å²) >= 11 is 3.41. The van der Waals surface area contributed by atoms with Crippen LogP contribution in [0.3, 0.4) is 0 Å². The third kappa shape index (κ3) is 2.74. The second-order valence-electron chi connectivity index (χ2n) is 3.70. The minimum absolute atomic E-state index is 0.0195. The summed E-state index contributed by atoms with van der Waals surface area (Å²) < 4.78 is 0.834. The smallest absolute Gasteiger partial charge is 0.307 e. The highest BCUT2D eigenvalue weighted by Gasteiger charge is 2.11. The van der Waals surface area contributed by atoms with Gasteiger partial charge in [-0.05, 0) is 22.8 Å². The zero-order valence-corrected chi connectivity index (χ0v) is 10.6. The summed E-state index contributed by atoms with van der Waals surface area (Å²) in [6, 6.07) is 15.5. The van der Waals surface area contributed by atoms with Crippen LogP contribution in [-0.2, 0) is 11.2 Å². The fraction of sp³-hybridized carbons (Fsp3) is 0.0714. The topological polar surface area (TPSA) is 37.3 Å². The van der Waals surface area contributed by atoms with Crippen LogP contribution < -0.4 is 0 Å². The molecule has 0 saturated heterocycles. The highest BCUT2D eigenvalue weighted by Crippen LogP contribution is 2.29. The van der Waals surface area contributed by atoms with Crippen LogP contribution in [0.1, 0.15) is 5.56 Å². The Morgan fingerprint density at radius 1 is 1.06 bits per heavy atom. The number of hydrogen-bond donors (Lipinski definition) is 1. The van der Waals surface area contributed by atoms with Gasteiger partial charge >= 0.3 is 5.97 Å². The molecule has 0 aromatic heterocycles. The number of benzene rings is 2. The number of halogens is 1. The molecule has 86 valence electrons. The van der Waals surface area contributed by atoms with E-state index in [4.69, 9.17) is 5.11 Å². The Morgan fingerprint density at radius 3 is 2.41 bits per heavy atom. The molecule has 0 bridgehead atoms. The average Bonchev–Trinajstić information content (AvgIpc) is 2.32. The summed E-state index contributed by atoms with van der Waals surface area (Å²) in [4.78, 5) is 10.9. The van der Waals surface area contributed by atoms with Gasteiger partial charge in [-0.1, -0.05) is 58.4 Å². The van der Waals surface area contributed by atoms with Crippen LogP contribution in [0, 0.1) is 0 Å². The van der Waals surface area contributed by atoms with E-state index < -0.39 is 5.97 Å². The van der Waals surface area contributed by atoms with Crippen LogP contribution in [0.25, 0.3) is 11.1 Å². The molecule has 0 saturated carbocycles. The van der Waals surface area contributed by atoms with Crippen LogP contribution in [-0.4, -0.2) is 11.1 Å². The minimum atomic E-state index is -0.825. The van der Waals surface area contributed by atoms with Crippen LogP contribution in [0.5, 0.6) is 0 Å². The molecule has 0 spiro atoms. The second-order valence-corrected chi connectivity index (χ2v) is 4.56. The molecule has 0 heterocycles. The van der Waals surface area contributed by atoms with Gasteiger partial charge in [-0.3, -0.25) is 4.79 Å². The largest absolute Gasteiger partial charge is 0.481 e. The zero-order chi connectivity index (χ0) is 12.3. The molecule has 0 fully saturated rings. The number of carboxylic acids is 1. The van der Waals surface area contributed by atoms with Gasteiger partial charge in [0.05, 0.1) is 6.42 Å². The third-order valence-corrected chi connectivity index (χ3v) is 3.27. The standard InChI is InChI=1S/C14H11BrO2/c15-13-8-4-7-11(12(13)9-14(16)17)10-5-2-1-3-6-10/h1-8H,9H2,(H,16,17). The van der Waals surface area contributed by atoms with E-state index in [0.717, 1.165) is 21.2 Å². The molecule has 2 aromatic rings. The summed E-state index contributed by atoms with van der Waals surface area (Å²) in [5.74, 6) is -0.825. The first-order valence-electron chi connectivity index (χ1n) is 5.23. The van der Waals surface area contributed by atoms with Gasteiger partial charge in [-0.15, -0.1) is 0 Å². The van der Waals surface area contributed by atoms with Crippen molar-refractivity contribution in [2.75, 3.05) is 0 Å². The molecule has 0 unspecified atom stereocenters. The van der Waals surface area contributed by atoms with Gasteiger partial charge in [0.1, 0.15) is 0 Å². The quantitative estimate of drug-likeness (QED) is 0.935. The summed E-state index contributed by atoms with van der Waals surface area (Å²) in [6.07, 6.45) is 0.0195. The molecule has 0 radical (unpaired) electrons. The van der Waals surface area contributed by atoms with E-state index in [0.29, 0.717) is 0 Å². The SMILES string of the molecule is O=C(O)Cc1c(Br)cccc1-c1ccccc1. The van der Waals surface area contributed by atoms with Gasteiger partial charge < -0.3 is 5.11 Å². The van der Waals surface area contributed by atoms with Crippen molar-refractivity contribution in [1.82, 2.24) is 0 Å². The van der Waals surface area contributed by atoms with Crippen molar-refractivity contribution in [2.24, 2.45) is 0 Å². The van der Waals surface area contributed by atoms with Crippen molar-refractivity contribution in [3.8, 4) is 11.1 Å². The number of carboxylic acid groups (broad SMARTS) is 1. The molecule has 0 amide bonds. The monoisotopic (exact) mass is 290 g/mol. The van der Waals surface area contributed by atoms with Crippen LogP contribution >= 0.6 is 15.9 Å². The lowest BCUT2D eigenvalue weighted by Crippen LogP contribution is -2.02. The predicted molar refractivity (Wildman–Crippen MR) is 70.9 cm³/mol. The maximum atomic E-state index is 10.9. The summed E-state index contributed by atoms with van der Waals surface area (Å²) in [5, 5.41) is 8.94. The Morgan fingerprint density at radius 2 is 1.76 bits per heavy atom. The van der Waals surface area contributed by atoms with Crippen molar-refractivity contribution in [2.45, 2.75) is 6.42 Å². The molecule has 0 aliphatic rings. The molecule has 2 nitrogen and oxygen atoms in total. The van der Waals surface area contributed by atoms with E-state index in [1.165, 1.54) is 0 Å². The Bertz CT molecular complexity index is 535. The van der Waals surface area contributed by atoms with E-state index in [2.05, 4.69) is 15.9 Å². The molecule has 1 N–H and O–H groups in total. The summed E-state index contributed by atoms with van der Waals surface area (Å²) in [7, 11) is 0. The van der Waals surface area contributed by atoms with E-state index in [1.54, 1.807) is 0 Å². The van der Waals surface area contributed by atoms with Crippen molar-refractivity contribution in [3.63, 3.8) is 0 Å². The first kappa shape index (κ1) is 11.9. The van der Waals surface area contributed by atoms with Crippen molar-refractivity contribution in [3.05, 3.63) is 58.6 Å². The second kappa shape index (κ2) is 5.15. The van der Waals surface area contributed by atoms with Crippen LogP contribution in [0.4, 0.5) is 0 Å². The molecular weight excluding hydrogens is 280 g/mol. The number of carbonyl (C=O) groups is 1. The molecule has 0 aliphatic heterocycles.